The van der Waals surface area contributed by atoms with Crippen molar-refractivity contribution in [1.82, 2.24) is 0 Å². The van der Waals surface area contributed by atoms with E-state index in [-0.39, 0.29) is 41.8 Å². The highest BCUT2D eigenvalue weighted by Gasteiger charge is 2.30. The van der Waals surface area contributed by atoms with Crippen LogP contribution in [0, 0.1) is 0 Å². The molecule has 7 nitrogen and oxygen atoms in total. The number of hydrogen-bond donors (Lipinski definition) is 1. The molecular weight excluding hydrogens is 431 g/mol. The van der Waals surface area contributed by atoms with Crippen LogP contribution in [0.1, 0.15) is 73.4 Å². The zero-order valence-electron chi connectivity index (χ0n) is 19.3. The van der Waals surface area contributed by atoms with E-state index in [1.807, 2.05) is 13.8 Å². The van der Waals surface area contributed by atoms with Crippen LogP contribution in [0.5, 0.6) is 0 Å². The van der Waals surface area contributed by atoms with Gasteiger partial charge >= 0.3 is 13.6 Å². The summed E-state index contributed by atoms with van der Waals surface area (Å²) in [4.78, 5) is 24.6. The van der Waals surface area contributed by atoms with Crippen molar-refractivity contribution in [1.29, 1.82) is 0 Å². The second-order valence-electron chi connectivity index (χ2n) is 8.27. The zero-order valence-corrected chi connectivity index (χ0v) is 20.2. The Hall–Kier alpha value is -2.31. The van der Waals surface area contributed by atoms with Crippen molar-refractivity contribution in [3.8, 4) is 0 Å². The fraction of sp³-hybridized carbons (Fsp3) is 0.417. The van der Waals surface area contributed by atoms with Crippen LogP contribution in [-0.4, -0.2) is 35.2 Å². The van der Waals surface area contributed by atoms with Gasteiger partial charge in [0, 0.05) is 11.1 Å². The third-order valence-electron chi connectivity index (χ3n) is 4.23. The van der Waals surface area contributed by atoms with E-state index in [0.29, 0.717) is 16.4 Å². The Kier molecular flexibility index (Phi) is 8.93. The molecule has 0 aliphatic heterocycles. The standard InChI is InChI=1S/C24H31O7P/c1-15(2)29-14-18-11-20(13-21(12-18)24(26)27)23(25)19-7-9-22(10-8-19)32(28,30-16(3)4)31-17(5)6/h7-13,15-17H,14H2,1-6H3,(H,26,27). The summed E-state index contributed by atoms with van der Waals surface area (Å²) in [6.07, 6.45) is -0.663. The third kappa shape index (κ3) is 7.10. The Morgan fingerprint density at radius 2 is 1.34 bits per heavy atom. The van der Waals surface area contributed by atoms with Crippen LogP contribution in [0.25, 0.3) is 0 Å². The smallest absolute Gasteiger partial charge is 0.361 e. The molecule has 0 fully saturated rings. The van der Waals surface area contributed by atoms with Gasteiger partial charge in [-0.2, -0.15) is 0 Å². The van der Waals surface area contributed by atoms with Crippen LogP contribution in [-0.2, 0) is 25.0 Å². The Balaban J connectivity index is 2.37. The second kappa shape index (κ2) is 11.0. The fourth-order valence-electron chi connectivity index (χ4n) is 2.96. The van der Waals surface area contributed by atoms with Crippen molar-refractivity contribution >= 4 is 24.7 Å². The Bertz CT molecular complexity index is 980. The van der Waals surface area contributed by atoms with E-state index in [1.54, 1.807) is 45.9 Å². The predicted octanol–water partition coefficient (Wildman–Crippen LogP) is 5.21. The summed E-state index contributed by atoms with van der Waals surface area (Å²) >= 11 is 0. The lowest BCUT2D eigenvalue weighted by molar-refractivity contribution is 0.0652. The van der Waals surface area contributed by atoms with Crippen molar-refractivity contribution in [3.05, 3.63) is 64.7 Å². The van der Waals surface area contributed by atoms with Gasteiger partial charge in [-0.05, 0) is 77.4 Å². The minimum absolute atomic E-state index is 0.00925. The first-order valence-electron chi connectivity index (χ1n) is 10.5. The van der Waals surface area contributed by atoms with E-state index in [4.69, 9.17) is 13.8 Å². The number of benzene rings is 2. The SMILES string of the molecule is CC(C)OCc1cc(C(=O)O)cc(C(=O)c2ccc(P(=O)(OC(C)C)OC(C)C)cc2)c1. The minimum Gasteiger partial charge on any atom is -0.478 e. The fourth-order valence-corrected chi connectivity index (χ4v) is 4.87. The molecule has 0 amide bonds. The van der Waals surface area contributed by atoms with Gasteiger partial charge in [-0.3, -0.25) is 9.36 Å². The number of ketones is 1. The normalized spacial score (nSPS) is 12.0. The van der Waals surface area contributed by atoms with E-state index in [1.165, 1.54) is 24.3 Å². The molecule has 0 radical (unpaired) electrons. The quantitative estimate of drug-likeness (QED) is 0.361. The van der Waals surface area contributed by atoms with Crippen molar-refractivity contribution in [3.63, 3.8) is 0 Å². The highest BCUT2D eigenvalue weighted by Crippen LogP contribution is 2.49. The highest BCUT2D eigenvalue weighted by molar-refractivity contribution is 7.62. The van der Waals surface area contributed by atoms with Gasteiger partial charge in [0.15, 0.2) is 5.78 Å². The van der Waals surface area contributed by atoms with Crippen LogP contribution in [0.2, 0.25) is 0 Å². The molecule has 1 N–H and O–H groups in total. The van der Waals surface area contributed by atoms with E-state index in [2.05, 4.69) is 0 Å². The summed E-state index contributed by atoms with van der Waals surface area (Å²) in [5.41, 5.74) is 1.17. The van der Waals surface area contributed by atoms with Crippen molar-refractivity contribution in [2.75, 3.05) is 0 Å². The number of aromatic carboxylic acids is 1. The predicted molar refractivity (Wildman–Crippen MR) is 123 cm³/mol. The maximum absolute atomic E-state index is 13.3. The molecule has 0 aliphatic rings. The summed E-state index contributed by atoms with van der Waals surface area (Å²) in [6, 6.07) is 10.6. The van der Waals surface area contributed by atoms with Crippen LogP contribution >= 0.6 is 7.60 Å². The van der Waals surface area contributed by atoms with E-state index in [9.17, 15) is 19.3 Å². The largest absolute Gasteiger partial charge is 0.478 e. The molecule has 8 heteroatoms. The third-order valence-corrected chi connectivity index (χ3v) is 6.56. The van der Waals surface area contributed by atoms with Crippen molar-refractivity contribution in [2.45, 2.75) is 66.5 Å². The number of carbonyl (C=O) groups is 2. The van der Waals surface area contributed by atoms with Crippen LogP contribution < -0.4 is 5.30 Å². The van der Waals surface area contributed by atoms with Gasteiger partial charge in [0.25, 0.3) is 0 Å². The van der Waals surface area contributed by atoms with Crippen molar-refractivity contribution < 1.29 is 33.0 Å². The average molecular weight is 462 g/mol. The molecule has 2 aromatic rings. The summed E-state index contributed by atoms with van der Waals surface area (Å²) in [5, 5.41) is 9.77. The number of hydrogen-bond acceptors (Lipinski definition) is 6. The Morgan fingerprint density at radius 1 is 0.812 bits per heavy atom. The molecule has 0 atom stereocenters. The lowest BCUT2D eigenvalue weighted by atomic mass is 9.99. The lowest BCUT2D eigenvalue weighted by Crippen LogP contribution is -2.17. The highest BCUT2D eigenvalue weighted by atomic mass is 31.2. The topological polar surface area (TPSA) is 99.1 Å². The maximum atomic E-state index is 13.3. The summed E-state index contributed by atoms with van der Waals surface area (Å²) < 4.78 is 30.0. The number of carboxylic acid groups (broad SMARTS) is 1. The molecule has 174 valence electrons. The summed E-state index contributed by atoms with van der Waals surface area (Å²) in [6.45, 7) is 11.0. The maximum Gasteiger partial charge on any atom is 0.361 e. The van der Waals surface area contributed by atoms with Crippen LogP contribution in [0.15, 0.2) is 42.5 Å². The van der Waals surface area contributed by atoms with Gasteiger partial charge in [0.05, 0.1) is 35.8 Å². The average Bonchev–Trinajstić information content (AvgIpc) is 2.70. The first-order chi connectivity index (χ1) is 14.9. The Morgan fingerprint density at radius 3 is 1.81 bits per heavy atom. The molecule has 2 aromatic carbocycles. The van der Waals surface area contributed by atoms with Gasteiger partial charge in [0.2, 0.25) is 0 Å². The Labute approximate surface area is 189 Å². The van der Waals surface area contributed by atoms with Crippen LogP contribution in [0.4, 0.5) is 0 Å². The zero-order chi connectivity index (χ0) is 24.1. The summed E-state index contributed by atoms with van der Waals surface area (Å²) in [7, 11) is -3.56. The van der Waals surface area contributed by atoms with Gasteiger partial charge < -0.3 is 18.9 Å². The second-order valence-corrected chi connectivity index (χ2v) is 10.2. The molecule has 0 spiro atoms. The molecule has 0 aromatic heterocycles. The van der Waals surface area contributed by atoms with Gasteiger partial charge in [-0.15, -0.1) is 0 Å². The van der Waals surface area contributed by atoms with Gasteiger partial charge in [0.1, 0.15) is 0 Å². The molecular formula is C24H31O7P. The van der Waals surface area contributed by atoms with Gasteiger partial charge in [-0.1, -0.05) is 12.1 Å². The van der Waals surface area contributed by atoms with Crippen LogP contribution in [0.3, 0.4) is 0 Å². The first kappa shape index (κ1) is 25.9. The molecule has 0 saturated heterocycles. The van der Waals surface area contributed by atoms with Gasteiger partial charge in [-0.25, -0.2) is 4.79 Å². The number of rotatable bonds is 11. The molecule has 0 bridgehead atoms. The van der Waals surface area contributed by atoms with E-state index >= 15 is 0 Å². The number of carbonyl (C=O) groups excluding carboxylic acids is 1. The van der Waals surface area contributed by atoms with E-state index < -0.39 is 13.6 Å². The molecule has 2 rings (SSSR count). The molecule has 32 heavy (non-hydrogen) atoms. The molecule has 0 unspecified atom stereocenters. The van der Waals surface area contributed by atoms with E-state index in [0.717, 1.165) is 0 Å². The minimum atomic E-state index is -3.56. The lowest BCUT2D eigenvalue weighted by Gasteiger charge is -2.23. The molecule has 0 heterocycles. The molecule has 0 aliphatic carbocycles. The monoisotopic (exact) mass is 462 g/mol. The summed E-state index contributed by atoms with van der Waals surface area (Å²) in [5.74, 6) is -1.48. The first-order valence-corrected chi connectivity index (χ1v) is 12.1. The van der Waals surface area contributed by atoms with Crippen molar-refractivity contribution in [2.24, 2.45) is 0 Å². The molecule has 0 saturated carbocycles. The number of ether oxygens (including phenoxy) is 1. The number of carboxylic acids is 1.